The molecule has 124 heavy (non-hydrogen) atoms. The van der Waals surface area contributed by atoms with Crippen molar-refractivity contribution in [1.29, 1.82) is 0 Å². The SMILES string of the molecule is CC(=O)Cc1cccc(C2=CN=C(C)C2)c1.CC(=O)NCc1ccc(C2=CN=C(C)C2)cc1.CC(=O)c1ccc(C2=C(C)N=C(C)C2)cc1.CC(=O)c1ccc(C2=C(Cl)N=C(C)C2)cc1.CC(=O)c1cccc(C2=CN=C(C)C2)c1.CC(=S)c1ccc(C2=CN=C(C)C2)cc1.CC1=NC(Cl)=C(c2ccc(C)cc2)C1.CC1=NC=C(c2ccc(S(C)=O)cc2)C1. The molecule has 0 radical (unpaired) electrons. The summed E-state index contributed by atoms with van der Waals surface area (Å²) in [6.45, 7) is 30.7. The Balaban J connectivity index is 0.000000161. The smallest absolute Gasteiger partial charge is 0.217 e. The quantitative estimate of drug-likeness (QED) is 0.0528. The Bertz CT molecular complexity index is 5760. The molecule has 0 fully saturated rings. The summed E-state index contributed by atoms with van der Waals surface area (Å²) in [5.41, 5.74) is 35.9. The average Bonchev–Trinajstić information content (AvgIpc) is 1.71. The zero-order valence-corrected chi connectivity index (χ0v) is 77.2. The van der Waals surface area contributed by atoms with Crippen molar-refractivity contribution < 1.29 is 28.2 Å². The van der Waals surface area contributed by atoms with Crippen molar-refractivity contribution in [2.75, 3.05) is 6.26 Å². The van der Waals surface area contributed by atoms with E-state index in [-0.39, 0.29) is 29.0 Å². The number of aliphatic imine (C=N–C) groups is 8. The Morgan fingerprint density at radius 2 is 0.694 bits per heavy atom. The summed E-state index contributed by atoms with van der Waals surface area (Å²) < 4.78 is 11.2. The van der Waals surface area contributed by atoms with Gasteiger partial charge in [-0.25, -0.2) is 9.98 Å². The van der Waals surface area contributed by atoms with Crippen LogP contribution in [0.25, 0.3) is 44.6 Å². The monoisotopic (exact) mass is 1730 g/mol. The third-order valence-electron chi connectivity index (χ3n) is 20.8. The van der Waals surface area contributed by atoms with Gasteiger partial charge in [0.05, 0.1) is 0 Å². The summed E-state index contributed by atoms with van der Waals surface area (Å²) in [7, 11) is -0.894. The number of ketones is 4. The fourth-order valence-electron chi connectivity index (χ4n) is 13.9. The van der Waals surface area contributed by atoms with Gasteiger partial charge in [-0.2, -0.15) is 0 Å². The number of thiocarbonyl (C=S) groups is 1. The molecular formula is C105H109Cl2N9O6S2. The first-order valence-electron chi connectivity index (χ1n) is 41.2. The number of carbonyl (C=O) groups excluding carboxylic acids is 5. The summed E-state index contributed by atoms with van der Waals surface area (Å²) in [5, 5.41) is 3.99. The van der Waals surface area contributed by atoms with E-state index in [1.807, 2.05) is 215 Å². The van der Waals surface area contributed by atoms with Gasteiger partial charge >= 0.3 is 0 Å². The van der Waals surface area contributed by atoms with E-state index in [2.05, 4.69) is 132 Å². The first kappa shape index (κ1) is 95.8. The highest BCUT2D eigenvalue weighted by atomic mass is 35.5. The van der Waals surface area contributed by atoms with Crippen LogP contribution in [0.3, 0.4) is 0 Å². The lowest BCUT2D eigenvalue weighted by atomic mass is 9.99. The van der Waals surface area contributed by atoms with Gasteiger partial charge in [0.25, 0.3) is 0 Å². The molecule has 8 aromatic carbocycles. The number of carbonyl (C=O) groups is 5. The van der Waals surface area contributed by atoms with Crippen LogP contribution in [0.2, 0.25) is 0 Å². The lowest BCUT2D eigenvalue weighted by molar-refractivity contribution is -0.119. The number of Topliss-reactive ketones (excluding diaryl/α,β-unsaturated/α-hetero) is 4. The second-order valence-electron chi connectivity index (χ2n) is 31.7. The van der Waals surface area contributed by atoms with Crippen LogP contribution in [-0.2, 0) is 33.4 Å². The molecule has 0 spiro atoms. The van der Waals surface area contributed by atoms with Gasteiger partial charge in [0.1, 0.15) is 16.1 Å². The molecule has 0 aromatic heterocycles. The van der Waals surface area contributed by atoms with Gasteiger partial charge in [-0.15, -0.1) is 0 Å². The average molecular weight is 1730 g/mol. The van der Waals surface area contributed by atoms with Gasteiger partial charge in [0.2, 0.25) is 5.91 Å². The van der Waals surface area contributed by atoms with Gasteiger partial charge < -0.3 is 5.32 Å². The molecule has 0 saturated carbocycles. The van der Waals surface area contributed by atoms with Gasteiger partial charge in [-0.3, -0.25) is 58.1 Å². The van der Waals surface area contributed by atoms with Crippen LogP contribution in [0, 0.1) is 6.92 Å². The van der Waals surface area contributed by atoms with Crippen LogP contribution < -0.4 is 5.32 Å². The molecule has 8 aliphatic rings. The molecule has 636 valence electrons. The predicted octanol–water partition coefficient (Wildman–Crippen LogP) is 25.8. The third-order valence-corrected chi connectivity index (χ3v) is 22.6. The van der Waals surface area contributed by atoms with E-state index >= 15 is 0 Å². The number of nitrogens with zero attached hydrogens (tertiary/aromatic N) is 8. The van der Waals surface area contributed by atoms with Gasteiger partial charge in [-0.05, 0) is 217 Å². The number of hydrogen-bond acceptors (Lipinski definition) is 15. The number of hydrogen-bond donors (Lipinski definition) is 1. The van der Waals surface area contributed by atoms with Crippen molar-refractivity contribution in [2.24, 2.45) is 39.9 Å². The van der Waals surface area contributed by atoms with Crippen molar-refractivity contribution in [1.82, 2.24) is 5.32 Å². The topological polar surface area (TPSA) is 213 Å². The van der Waals surface area contributed by atoms with Crippen molar-refractivity contribution in [2.45, 2.75) is 180 Å². The Morgan fingerprint density at radius 1 is 0.355 bits per heavy atom. The highest BCUT2D eigenvalue weighted by Crippen LogP contribution is 2.35. The first-order valence-corrected chi connectivity index (χ1v) is 43.9. The second kappa shape index (κ2) is 46.5. The molecule has 16 rings (SSSR count). The van der Waals surface area contributed by atoms with Gasteiger partial charge in [-0.1, -0.05) is 217 Å². The highest BCUT2D eigenvalue weighted by molar-refractivity contribution is 7.84. The Hall–Kier alpha value is -12.0. The number of allylic oxidation sites excluding steroid dienone is 9. The molecule has 8 aromatic rings. The van der Waals surface area contributed by atoms with E-state index in [0.29, 0.717) is 23.3 Å². The minimum Gasteiger partial charge on any atom is -0.352 e. The Labute approximate surface area is 749 Å². The minimum atomic E-state index is -0.894. The maximum atomic E-state index is 11.2. The van der Waals surface area contributed by atoms with E-state index in [9.17, 15) is 28.2 Å². The second-order valence-corrected chi connectivity index (χ2v) is 34.4. The van der Waals surface area contributed by atoms with Crippen LogP contribution in [0.15, 0.2) is 286 Å². The normalized spacial score (nSPS) is 15.3. The highest BCUT2D eigenvalue weighted by Gasteiger charge is 2.20. The lowest BCUT2D eigenvalue weighted by Gasteiger charge is -2.05. The summed E-state index contributed by atoms with van der Waals surface area (Å²) >= 11 is 17.2. The van der Waals surface area contributed by atoms with Crippen molar-refractivity contribution >= 4 is 170 Å². The van der Waals surface area contributed by atoms with Crippen LogP contribution in [0.1, 0.15) is 253 Å². The number of amides is 1. The van der Waals surface area contributed by atoms with E-state index in [1.165, 1.54) is 85.0 Å². The number of rotatable bonds is 17. The van der Waals surface area contributed by atoms with Crippen LogP contribution in [0.4, 0.5) is 0 Å². The van der Waals surface area contributed by atoms with E-state index in [4.69, 9.17) is 35.4 Å². The van der Waals surface area contributed by atoms with Crippen LogP contribution >= 0.6 is 35.4 Å². The summed E-state index contributed by atoms with van der Waals surface area (Å²) in [6, 6.07) is 64.0. The van der Waals surface area contributed by atoms with Crippen LogP contribution in [0.5, 0.6) is 0 Å². The number of nitrogens with one attached hydrogen (secondary N) is 1. The minimum absolute atomic E-state index is 0.00315. The molecule has 0 aliphatic carbocycles. The van der Waals surface area contributed by atoms with Crippen molar-refractivity contribution in [3.8, 4) is 0 Å². The standard InChI is InChI=1S/C14H16N2O.2C14H15NO.C13H12ClNO.C13H13NO.C13H13NS.C12H12ClN.C12H13NOS/c1-10-7-14(9-15-10)13-5-3-12(4-6-13)8-16-11(2)17;1-9-8-14(10(2)15-9)13-6-4-12(5-7-13)11(3)16;1-10-6-14(9-15-10)13-5-3-4-12(8-13)7-11(2)16;1-8-7-12(13(14)15-8)11-5-3-10(4-6-11)9(2)16;1-9-6-13(8-14-9)12-5-3-4-11(7-12)10(2)15;1-9-7-13(8-14-9)12-5-3-11(4-6-12)10(2)15;1-8-3-5-10(6-4-8)11-7-9(2)14-12(11)13;1-9-7-11(8-13-9)10-3-5-12(6-4-10)15(2)14/h3-6,9H,7-8H2,1-2H3,(H,16,17);4-7H,8H2,1-3H3;3-5,8-9H,6-7H2,1-2H3;3-6H,7H2,1-2H3;3-5,7-8H,6H2,1-2H3;3-6,8H,7H2,1-2H3;3-6H,7H2,1-2H3;3-6,8H,7H2,1-2H3. The molecule has 1 unspecified atom stereocenters. The molecule has 0 bridgehead atoms. The summed E-state index contributed by atoms with van der Waals surface area (Å²) in [4.78, 5) is 91.4. The zero-order chi connectivity index (χ0) is 89.8. The molecule has 1 N–H and O–H groups in total. The maximum Gasteiger partial charge on any atom is 0.217 e. The first-order chi connectivity index (χ1) is 59.1. The predicted molar refractivity (Wildman–Crippen MR) is 528 cm³/mol. The van der Waals surface area contributed by atoms with Crippen LogP contribution in [-0.4, -0.2) is 90.1 Å². The fourth-order valence-corrected chi connectivity index (χ4v) is 15.2. The van der Waals surface area contributed by atoms with Gasteiger partial charge in [0.15, 0.2) is 17.3 Å². The number of benzene rings is 8. The van der Waals surface area contributed by atoms with Crippen molar-refractivity contribution in [3.05, 3.63) is 325 Å². The zero-order valence-electron chi connectivity index (χ0n) is 74.0. The molecule has 15 nitrogen and oxygen atoms in total. The van der Waals surface area contributed by atoms with E-state index < -0.39 is 10.8 Å². The summed E-state index contributed by atoms with van der Waals surface area (Å²) in [6.07, 6.45) is 19.0. The number of halogens is 2. The van der Waals surface area contributed by atoms with E-state index in [0.717, 1.165) is 162 Å². The van der Waals surface area contributed by atoms with Crippen molar-refractivity contribution in [3.63, 3.8) is 0 Å². The summed E-state index contributed by atoms with van der Waals surface area (Å²) in [5.74, 6) is 0.483. The fraction of sp³-hybridized carbons (Fsp3) is 0.257. The third kappa shape index (κ3) is 29.6. The largest absolute Gasteiger partial charge is 0.352 e. The Morgan fingerprint density at radius 3 is 1.03 bits per heavy atom. The number of aryl methyl sites for hydroxylation is 1. The Kier molecular flexibility index (Phi) is 35.9. The molecule has 8 aliphatic heterocycles. The molecule has 0 saturated heterocycles. The maximum absolute atomic E-state index is 11.2. The molecule has 8 heterocycles. The molecule has 19 heteroatoms. The molecule has 1 atom stereocenters. The van der Waals surface area contributed by atoms with Gasteiger partial charge in [0, 0.05) is 208 Å². The van der Waals surface area contributed by atoms with E-state index in [1.54, 1.807) is 34.0 Å². The molecular weight excluding hydrogens is 1620 g/mol. The lowest BCUT2D eigenvalue weighted by Crippen LogP contribution is -2.18. The molecule has 1 amide bonds.